The fraction of sp³-hybridized carbons (Fsp3) is 0.538. The van der Waals surface area contributed by atoms with Crippen LogP contribution in [0.25, 0.3) is 0 Å². The Balaban J connectivity index is 1.81. The van der Waals surface area contributed by atoms with E-state index >= 15 is 0 Å². The van der Waals surface area contributed by atoms with Crippen molar-refractivity contribution >= 4 is 0 Å². The molecule has 2 aliphatic rings. The standard InChI is InChI=1S/C13H18N2/c1-2-10(12-4-5-14-7-12)6-11(3-1)13-8-15-9-13/h1-3,6,12-15H,4-5,7-9H2. The van der Waals surface area contributed by atoms with Gasteiger partial charge in [-0.15, -0.1) is 0 Å². The number of benzene rings is 1. The summed E-state index contributed by atoms with van der Waals surface area (Å²) in [6.45, 7) is 4.66. The summed E-state index contributed by atoms with van der Waals surface area (Å²) >= 11 is 0. The smallest absolute Gasteiger partial charge is 0.00886 e. The highest BCUT2D eigenvalue weighted by molar-refractivity contribution is 5.31. The van der Waals surface area contributed by atoms with E-state index in [0.29, 0.717) is 0 Å². The average molecular weight is 202 g/mol. The van der Waals surface area contributed by atoms with Gasteiger partial charge in [0.15, 0.2) is 0 Å². The predicted molar refractivity (Wildman–Crippen MR) is 62.3 cm³/mol. The van der Waals surface area contributed by atoms with E-state index in [1.807, 2.05) is 0 Å². The van der Waals surface area contributed by atoms with Gasteiger partial charge in [0.1, 0.15) is 0 Å². The van der Waals surface area contributed by atoms with Gasteiger partial charge in [-0.1, -0.05) is 24.3 Å². The molecule has 2 N–H and O–H groups in total. The topological polar surface area (TPSA) is 24.1 Å². The Hall–Kier alpha value is -0.860. The van der Waals surface area contributed by atoms with Crippen molar-refractivity contribution in [1.29, 1.82) is 0 Å². The van der Waals surface area contributed by atoms with E-state index in [4.69, 9.17) is 0 Å². The molecule has 2 heterocycles. The van der Waals surface area contributed by atoms with Crippen LogP contribution in [-0.2, 0) is 0 Å². The second kappa shape index (κ2) is 3.95. The van der Waals surface area contributed by atoms with E-state index in [0.717, 1.165) is 31.5 Å². The molecule has 0 radical (unpaired) electrons. The van der Waals surface area contributed by atoms with Gasteiger partial charge in [0, 0.05) is 25.6 Å². The molecule has 1 aromatic carbocycles. The van der Waals surface area contributed by atoms with Gasteiger partial charge in [-0.05, 0) is 30.0 Å². The van der Waals surface area contributed by atoms with E-state index in [1.165, 1.54) is 24.1 Å². The zero-order chi connectivity index (χ0) is 10.1. The molecule has 0 spiro atoms. The lowest BCUT2D eigenvalue weighted by molar-refractivity contribution is 0.448. The van der Waals surface area contributed by atoms with Gasteiger partial charge in [-0.25, -0.2) is 0 Å². The third kappa shape index (κ3) is 1.80. The lowest BCUT2D eigenvalue weighted by Gasteiger charge is -2.28. The van der Waals surface area contributed by atoms with E-state index in [1.54, 1.807) is 0 Å². The van der Waals surface area contributed by atoms with Gasteiger partial charge in [0.25, 0.3) is 0 Å². The fourth-order valence-electron chi connectivity index (χ4n) is 2.53. The second-order valence-corrected chi connectivity index (χ2v) is 4.72. The summed E-state index contributed by atoms with van der Waals surface area (Å²) < 4.78 is 0. The van der Waals surface area contributed by atoms with Crippen LogP contribution in [0.5, 0.6) is 0 Å². The molecule has 80 valence electrons. The van der Waals surface area contributed by atoms with Gasteiger partial charge in [0.05, 0.1) is 0 Å². The zero-order valence-corrected chi connectivity index (χ0v) is 9.00. The molecule has 2 fully saturated rings. The molecule has 1 aromatic rings. The van der Waals surface area contributed by atoms with Gasteiger partial charge in [-0.3, -0.25) is 0 Å². The molecule has 2 aliphatic heterocycles. The van der Waals surface area contributed by atoms with Crippen LogP contribution in [0, 0.1) is 0 Å². The normalized spacial score (nSPS) is 26.5. The van der Waals surface area contributed by atoms with Gasteiger partial charge < -0.3 is 10.6 Å². The molecule has 2 heteroatoms. The van der Waals surface area contributed by atoms with Crippen LogP contribution in [-0.4, -0.2) is 26.2 Å². The van der Waals surface area contributed by atoms with E-state index in [2.05, 4.69) is 34.9 Å². The van der Waals surface area contributed by atoms with Crippen molar-refractivity contribution in [2.75, 3.05) is 26.2 Å². The first kappa shape index (κ1) is 9.37. The van der Waals surface area contributed by atoms with Crippen molar-refractivity contribution in [3.63, 3.8) is 0 Å². The van der Waals surface area contributed by atoms with Crippen LogP contribution in [0.15, 0.2) is 24.3 Å². The first-order valence-corrected chi connectivity index (χ1v) is 5.95. The summed E-state index contributed by atoms with van der Waals surface area (Å²) in [7, 11) is 0. The van der Waals surface area contributed by atoms with Crippen LogP contribution in [0.2, 0.25) is 0 Å². The van der Waals surface area contributed by atoms with Crippen LogP contribution in [0.3, 0.4) is 0 Å². The monoisotopic (exact) mass is 202 g/mol. The molecule has 0 aromatic heterocycles. The highest BCUT2D eigenvalue weighted by atomic mass is 14.9. The summed E-state index contributed by atoms with van der Waals surface area (Å²) in [5, 5.41) is 6.77. The molecular weight excluding hydrogens is 184 g/mol. The van der Waals surface area contributed by atoms with Gasteiger partial charge in [-0.2, -0.15) is 0 Å². The third-order valence-corrected chi connectivity index (χ3v) is 3.70. The molecule has 0 amide bonds. The average Bonchev–Trinajstić information content (AvgIpc) is 2.68. The number of hydrogen-bond acceptors (Lipinski definition) is 2. The van der Waals surface area contributed by atoms with Crippen LogP contribution >= 0.6 is 0 Å². The van der Waals surface area contributed by atoms with Crippen LogP contribution < -0.4 is 10.6 Å². The minimum absolute atomic E-state index is 0.748. The van der Waals surface area contributed by atoms with Gasteiger partial charge in [0.2, 0.25) is 0 Å². The molecule has 3 rings (SSSR count). The molecule has 15 heavy (non-hydrogen) atoms. The Bertz CT molecular complexity index is 338. The van der Waals surface area contributed by atoms with Crippen molar-refractivity contribution in [2.45, 2.75) is 18.3 Å². The van der Waals surface area contributed by atoms with E-state index < -0.39 is 0 Å². The Labute approximate surface area is 91.1 Å². The molecule has 2 nitrogen and oxygen atoms in total. The molecule has 0 bridgehead atoms. The number of rotatable bonds is 2. The van der Waals surface area contributed by atoms with Crippen LogP contribution in [0.1, 0.15) is 29.4 Å². The first-order valence-electron chi connectivity index (χ1n) is 5.95. The molecule has 0 aliphatic carbocycles. The molecule has 1 atom stereocenters. The summed E-state index contributed by atoms with van der Waals surface area (Å²) in [6, 6.07) is 9.20. The SMILES string of the molecule is c1cc(C2CCNC2)cc(C2CNC2)c1. The van der Waals surface area contributed by atoms with Crippen molar-refractivity contribution in [3.05, 3.63) is 35.4 Å². The Kier molecular flexibility index (Phi) is 2.47. The number of hydrogen-bond donors (Lipinski definition) is 2. The Morgan fingerprint density at radius 2 is 1.67 bits per heavy atom. The summed E-state index contributed by atoms with van der Waals surface area (Å²) in [6.07, 6.45) is 1.30. The van der Waals surface area contributed by atoms with Crippen LogP contribution in [0.4, 0.5) is 0 Å². The van der Waals surface area contributed by atoms with E-state index in [-0.39, 0.29) is 0 Å². The molecule has 2 saturated heterocycles. The summed E-state index contributed by atoms with van der Waals surface area (Å²) in [5.74, 6) is 1.51. The lowest BCUT2D eigenvalue weighted by atomic mass is 9.89. The minimum atomic E-state index is 0.748. The third-order valence-electron chi connectivity index (χ3n) is 3.70. The molecular formula is C13H18N2. The first-order chi connectivity index (χ1) is 7.43. The van der Waals surface area contributed by atoms with Gasteiger partial charge >= 0.3 is 0 Å². The maximum absolute atomic E-state index is 3.44. The summed E-state index contributed by atoms with van der Waals surface area (Å²) in [5.41, 5.74) is 3.06. The highest BCUT2D eigenvalue weighted by Gasteiger charge is 2.21. The Morgan fingerprint density at radius 3 is 2.27 bits per heavy atom. The molecule has 1 unspecified atom stereocenters. The quantitative estimate of drug-likeness (QED) is 0.758. The predicted octanol–water partition coefficient (Wildman–Crippen LogP) is 1.45. The highest BCUT2D eigenvalue weighted by Crippen LogP contribution is 2.26. The lowest BCUT2D eigenvalue weighted by Crippen LogP contribution is -2.39. The van der Waals surface area contributed by atoms with Crippen molar-refractivity contribution in [1.82, 2.24) is 10.6 Å². The van der Waals surface area contributed by atoms with Crippen molar-refractivity contribution < 1.29 is 0 Å². The van der Waals surface area contributed by atoms with Crippen molar-refractivity contribution in [3.8, 4) is 0 Å². The maximum atomic E-state index is 3.44. The fourth-order valence-corrected chi connectivity index (χ4v) is 2.53. The second-order valence-electron chi connectivity index (χ2n) is 4.72. The number of nitrogens with one attached hydrogen (secondary N) is 2. The summed E-state index contributed by atoms with van der Waals surface area (Å²) in [4.78, 5) is 0. The Morgan fingerprint density at radius 1 is 0.933 bits per heavy atom. The minimum Gasteiger partial charge on any atom is -0.316 e. The maximum Gasteiger partial charge on any atom is 0.00886 e. The van der Waals surface area contributed by atoms with Crippen molar-refractivity contribution in [2.24, 2.45) is 0 Å². The largest absolute Gasteiger partial charge is 0.316 e. The zero-order valence-electron chi connectivity index (χ0n) is 9.00. The van der Waals surface area contributed by atoms with E-state index in [9.17, 15) is 0 Å². The molecule has 0 saturated carbocycles.